The molecule has 0 saturated carbocycles. The molecule has 0 aromatic heterocycles. The van der Waals surface area contributed by atoms with Crippen molar-refractivity contribution >= 4 is 21.9 Å². The first-order valence-electron chi connectivity index (χ1n) is 4.49. The van der Waals surface area contributed by atoms with Gasteiger partial charge in [-0.05, 0) is 20.3 Å². The molecule has 0 amide bonds. The van der Waals surface area contributed by atoms with E-state index in [1.807, 2.05) is 26.3 Å². The highest BCUT2D eigenvalue weighted by atomic mass is 32.2. The second-order valence-electron chi connectivity index (χ2n) is 3.24. The van der Waals surface area contributed by atoms with E-state index in [4.69, 9.17) is 0 Å². The van der Waals surface area contributed by atoms with Crippen molar-refractivity contribution < 1.29 is 8.42 Å². The van der Waals surface area contributed by atoms with Crippen LogP contribution in [0.25, 0.3) is 0 Å². The fraction of sp³-hybridized carbons (Fsp3) is 0.556. The van der Waals surface area contributed by atoms with Crippen LogP contribution in [0.15, 0.2) is 16.9 Å². The number of rotatable bonds is 3. The van der Waals surface area contributed by atoms with Crippen molar-refractivity contribution in [2.24, 2.45) is 4.99 Å². The standard InChI is InChI=1S/C9H14N2O2S/c1-8-7-11(9(2)6-10-8)4-3-5-14(12)13/h5-7,9H,3-4H2,1-2H3. The Balaban J connectivity index is 2.53. The molecule has 1 heterocycles. The third kappa shape index (κ3) is 3.33. The summed E-state index contributed by atoms with van der Waals surface area (Å²) >= 11 is 0. The van der Waals surface area contributed by atoms with Gasteiger partial charge in [-0.1, -0.05) is 0 Å². The van der Waals surface area contributed by atoms with Gasteiger partial charge in [0.05, 0.1) is 11.7 Å². The molecule has 1 atom stereocenters. The van der Waals surface area contributed by atoms with E-state index in [1.54, 1.807) is 0 Å². The second kappa shape index (κ2) is 4.95. The molecule has 0 fully saturated rings. The molecule has 0 aliphatic carbocycles. The Labute approximate surface area is 85.5 Å². The molecule has 0 aromatic carbocycles. The maximum absolute atomic E-state index is 10.3. The number of allylic oxidation sites excluding steroid dienone is 1. The van der Waals surface area contributed by atoms with Gasteiger partial charge in [-0.3, -0.25) is 4.99 Å². The van der Waals surface area contributed by atoms with Gasteiger partial charge < -0.3 is 4.90 Å². The summed E-state index contributed by atoms with van der Waals surface area (Å²) in [7, 11) is -2.05. The van der Waals surface area contributed by atoms with Crippen LogP contribution in [0.3, 0.4) is 0 Å². The molecule has 1 rings (SSSR count). The third-order valence-electron chi connectivity index (χ3n) is 2.01. The molecule has 0 bridgehead atoms. The van der Waals surface area contributed by atoms with Crippen molar-refractivity contribution in [1.29, 1.82) is 0 Å². The van der Waals surface area contributed by atoms with Crippen LogP contribution in [0, 0.1) is 0 Å². The summed E-state index contributed by atoms with van der Waals surface area (Å²) in [5, 5.41) is 1.28. The molecule has 1 unspecified atom stereocenters. The molecule has 0 N–H and O–H groups in total. The van der Waals surface area contributed by atoms with Crippen LogP contribution in [0.1, 0.15) is 20.3 Å². The van der Waals surface area contributed by atoms with Crippen LogP contribution in [0.4, 0.5) is 0 Å². The summed E-state index contributed by atoms with van der Waals surface area (Å²) in [5.41, 5.74) is 0.950. The molecular formula is C9H14N2O2S. The summed E-state index contributed by atoms with van der Waals surface area (Å²) in [6, 6.07) is 0.243. The molecular weight excluding hydrogens is 200 g/mol. The number of hydrogen-bond acceptors (Lipinski definition) is 4. The van der Waals surface area contributed by atoms with Crippen molar-refractivity contribution in [3.8, 4) is 0 Å². The fourth-order valence-electron chi connectivity index (χ4n) is 1.27. The summed E-state index contributed by atoms with van der Waals surface area (Å²) < 4.78 is 20.5. The van der Waals surface area contributed by atoms with E-state index >= 15 is 0 Å². The molecule has 4 nitrogen and oxygen atoms in total. The molecule has 0 radical (unpaired) electrons. The second-order valence-corrected chi connectivity index (χ2v) is 4.10. The minimum Gasteiger partial charge on any atom is -0.368 e. The van der Waals surface area contributed by atoms with Gasteiger partial charge in [-0.15, -0.1) is 0 Å². The Morgan fingerprint density at radius 3 is 3.00 bits per heavy atom. The van der Waals surface area contributed by atoms with Crippen molar-refractivity contribution in [2.45, 2.75) is 26.3 Å². The Morgan fingerprint density at radius 2 is 2.36 bits per heavy atom. The highest BCUT2D eigenvalue weighted by Gasteiger charge is 2.10. The lowest BCUT2D eigenvalue weighted by atomic mass is 10.2. The Kier molecular flexibility index (Phi) is 3.88. The van der Waals surface area contributed by atoms with Gasteiger partial charge >= 0.3 is 0 Å². The summed E-state index contributed by atoms with van der Waals surface area (Å²) in [6.07, 6.45) is 4.35. The molecule has 0 spiro atoms. The van der Waals surface area contributed by atoms with Gasteiger partial charge in [0.1, 0.15) is 0 Å². The van der Waals surface area contributed by atoms with Crippen LogP contribution in [0.2, 0.25) is 0 Å². The number of nitrogens with zero attached hydrogens (tertiary/aromatic N) is 2. The SMILES string of the molecule is CC1=CN(CCC=S(=O)=O)C(C)C=N1. The minimum absolute atomic E-state index is 0.243. The van der Waals surface area contributed by atoms with E-state index in [2.05, 4.69) is 9.89 Å². The summed E-state index contributed by atoms with van der Waals surface area (Å²) in [4.78, 5) is 6.24. The first kappa shape index (κ1) is 11.0. The lowest BCUT2D eigenvalue weighted by Crippen LogP contribution is -2.32. The lowest BCUT2D eigenvalue weighted by molar-refractivity contribution is 0.359. The van der Waals surface area contributed by atoms with Gasteiger partial charge in [-0.2, -0.15) is 8.42 Å². The van der Waals surface area contributed by atoms with E-state index in [9.17, 15) is 8.42 Å². The summed E-state index contributed by atoms with van der Waals surface area (Å²) in [5.74, 6) is 0. The molecule has 14 heavy (non-hydrogen) atoms. The normalized spacial score (nSPS) is 20.6. The molecule has 0 aromatic rings. The van der Waals surface area contributed by atoms with Crippen LogP contribution in [-0.2, 0) is 10.3 Å². The van der Waals surface area contributed by atoms with Crippen LogP contribution < -0.4 is 0 Å². The number of aliphatic imine (C=N–C) groups is 1. The smallest absolute Gasteiger partial charge is 0.210 e. The van der Waals surface area contributed by atoms with Crippen LogP contribution in [0.5, 0.6) is 0 Å². The average Bonchev–Trinajstić information content (AvgIpc) is 2.10. The van der Waals surface area contributed by atoms with Gasteiger partial charge in [0.25, 0.3) is 0 Å². The van der Waals surface area contributed by atoms with Gasteiger partial charge in [-0.25, -0.2) is 0 Å². The summed E-state index contributed by atoms with van der Waals surface area (Å²) in [6.45, 7) is 4.66. The molecule has 5 heteroatoms. The maximum Gasteiger partial charge on any atom is 0.210 e. The monoisotopic (exact) mass is 214 g/mol. The van der Waals surface area contributed by atoms with Gasteiger partial charge in [0, 0.05) is 24.3 Å². The Bertz CT molecular complexity index is 374. The van der Waals surface area contributed by atoms with Crippen LogP contribution >= 0.6 is 0 Å². The van der Waals surface area contributed by atoms with E-state index in [0.717, 1.165) is 5.70 Å². The Morgan fingerprint density at radius 1 is 1.64 bits per heavy atom. The molecule has 0 saturated heterocycles. The predicted molar refractivity (Wildman–Crippen MR) is 58.0 cm³/mol. The average molecular weight is 214 g/mol. The minimum atomic E-state index is -2.05. The van der Waals surface area contributed by atoms with Crippen molar-refractivity contribution in [3.63, 3.8) is 0 Å². The molecule has 1 aliphatic rings. The highest BCUT2D eigenvalue weighted by Crippen LogP contribution is 2.09. The predicted octanol–water partition coefficient (Wildman–Crippen LogP) is 0.694. The zero-order valence-electron chi connectivity index (χ0n) is 8.34. The van der Waals surface area contributed by atoms with Crippen molar-refractivity contribution in [1.82, 2.24) is 4.90 Å². The third-order valence-corrected chi connectivity index (χ3v) is 2.52. The van der Waals surface area contributed by atoms with Gasteiger partial charge in [0.2, 0.25) is 10.3 Å². The van der Waals surface area contributed by atoms with E-state index in [0.29, 0.717) is 13.0 Å². The van der Waals surface area contributed by atoms with Crippen molar-refractivity contribution in [2.75, 3.05) is 6.54 Å². The van der Waals surface area contributed by atoms with E-state index in [-0.39, 0.29) is 6.04 Å². The largest absolute Gasteiger partial charge is 0.368 e. The van der Waals surface area contributed by atoms with Crippen LogP contribution in [-0.4, -0.2) is 37.5 Å². The molecule has 78 valence electrons. The molecule has 1 aliphatic heterocycles. The van der Waals surface area contributed by atoms with Crippen molar-refractivity contribution in [3.05, 3.63) is 11.9 Å². The highest BCUT2D eigenvalue weighted by molar-refractivity contribution is 7.71. The zero-order valence-corrected chi connectivity index (χ0v) is 9.16. The van der Waals surface area contributed by atoms with E-state index in [1.165, 1.54) is 5.37 Å². The first-order valence-corrected chi connectivity index (χ1v) is 5.63. The fourth-order valence-corrected chi connectivity index (χ4v) is 1.57. The zero-order chi connectivity index (χ0) is 10.6. The Hall–Kier alpha value is -1.10. The lowest BCUT2D eigenvalue weighted by Gasteiger charge is -2.27. The number of hydrogen-bond donors (Lipinski definition) is 0. The van der Waals surface area contributed by atoms with E-state index < -0.39 is 10.3 Å². The maximum atomic E-state index is 10.3. The topological polar surface area (TPSA) is 49.7 Å². The van der Waals surface area contributed by atoms with Gasteiger partial charge in [0.15, 0.2) is 0 Å². The quantitative estimate of drug-likeness (QED) is 0.650. The first-order chi connectivity index (χ1) is 6.59.